The molecule has 3 aromatic rings. The number of carbonyl (C=O) groups is 3. The van der Waals surface area contributed by atoms with Crippen LogP contribution in [-0.2, 0) is 14.8 Å². The summed E-state index contributed by atoms with van der Waals surface area (Å²) in [5.41, 5.74) is 5.99. The minimum absolute atomic E-state index is 0.00288. The molecule has 182 valence electrons. The Kier molecular flexibility index (Phi) is 8.05. The summed E-state index contributed by atoms with van der Waals surface area (Å²) in [7, 11) is -2.61. The molecule has 0 atom stereocenters. The second-order valence-electron chi connectivity index (χ2n) is 7.38. The van der Waals surface area contributed by atoms with Gasteiger partial charge in [-0.25, -0.2) is 8.42 Å². The van der Waals surface area contributed by atoms with Gasteiger partial charge < -0.3 is 10.1 Å². The largest absolute Gasteiger partial charge is 0.495 e. The van der Waals surface area contributed by atoms with Gasteiger partial charge in [0.2, 0.25) is 0 Å². The number of nitrogens with one attached hydrogen (secondary N) is 4. The van der Waals surface area contributed by atoms with E-state index in [1.807, 2.05) is 6.92 Å². The van der Waals surface area contributed by atoms with Gasteiger partial charge in [0.25, 0.3) is 27.7 Å². The highest BCUT2D eigenvalue weighted by atomic mass is 32.2. The number of hydrogen-bond donors (Lipinski definition) is 4. The highest BCUT2D eigenvalue weighted by molar-refractivity contribution is 7.92. The van der Waals surface area contributed by atoms with Gasteiger partial charge in [0.15, 0.2) is 0 Å². The fourth-order valence-electron chi connectivity index (χ4n) is 2.95. The van der Waals surface area contributed by atoms with Gasteiger partial charge in [-0.15, -0.1) is 0 Å². The average molecular weight is 497 g/mol. The van der Waals surface area contributed by atoms with Gasteiger partial charge in [0.05, 0.1) is 24.2 Å². The fourth-order valence-corrected chi connectivity index (χ4v) is 4.06. The number of anilines is 1. The molecule has 0 aliphatic carbocycles. The molecule has 0 spiro atoms. The molecule has 4 N–H and O–H groups in total. The van der Waals surface area contributed by atoms with E-state index >= 15 is 0 Å². The number of amides is 3. The Balaban J connectivity index is 1.57. The van der Waals surface area contributed by atoms with Gasteiger partial charge in [-0.1, -0.05) is 35.9 Å². The molecule has 0 saturated heterocycles. The SMILES string of the molecule is COc1ccccc1NS(=O)(=O)c1cccc(C(=O)NNC(=O)CNC(=O)c2ccc(C)cc2)c1. The number of rotatable bonds is 8. The van der Waals surface area contributed by atoms with Gasteiger partial charge in [0, 0.05) is 11.1 Å². The Labute approximate surface area is 202 Å². The highest BCUT2D eigenvalue weighted by Crippen LogP contribution is 2.26. The first-order chi connectivity index (χ1) is 16.7. The maximum absolute atomic E-state index is 12.8. The van der Waals surface area contributed by atoms with Gasteiger partial charge in [-0.2, -0.15) is 0 Å². The van der Waals surface area contributed by atoms with Crippen molar-refractivity contribution in [1.29, 1.82) is 0 Å². The third-order valence-electron chi connectivity index (χ3n) is 4.80. The summed E-state index contributed by atoms with van der Waals surface area (Å²) in [6.45, 7) is 1.52. The second kappa shape index (κ2) is 11.2. The standard InChI is InChI=1S/C24H24N4O6S/c1-16-10-12-17(13-11-16)23(30)25-15-22(29)26-27-24(31)18-6-5-7-19(14-18)35(32,33)28-20-8-3-4-9-21(20)34-2/h3-14,28H,15H2,1-2H3,(H,25,30)(H,26,29)(H,27,31). The van der Waals surface area contributed by atoms with Crippen LogP contribution in [0.3, 0.4) is 0 Å². The van der Waals surface area contributed by atoms with Crippen molar-refractivity contribution in [1.82, 2.24) is 16.2 Å². The van der Waals surface area contributed by atoms with E-state index in [4.69, 9.17) is 4.74 Å². The minimum atomic E-state index is -4.03. The molecule has 0 aromatic heterocycles. The van der Waals surface area contributed by atoms with E-state index in [1.54, 1.807) is 48.5 Å². The van der Waals surface area contributed by atoms with E-state index in [2.05, 4.69) is 20.9 Å². The van der Waals surface area contributed by atoms with Crippen LogP contribution in [0.2, 0.25) is 0 Å². The van der Waals surface area contributed by atoms with E-state index in [9.17, 15) is 22.8 Å². The molecule has 0 heterocycles. The lowest BCUT2D eigenvalue weighted by atomic mass is 10.1. The van der Waals surface area contributed by atoms with E-state index in [0.29, 0.717) is 11.3 Å². The van der Waals surface area contributed by atoms with Crippen molar-refractivity contribution in [2.45, 2.75) is 11.8 Å². The lowest BCUT2D eigenvalue weighted by Gasteiger charge is -2.12. The first kappa shape index (κ1) is 25.2. The molecule has 0 unspecified atom stereocenters. The fraction of sp³-hybridized carbons (Fsp3) is 0.125. The van der Waals surface area contributed by atoms with E-state index in [1.165, 1.54) is 31.4 Å². The molecule has 0 radical (unpaired) electrons. The molecule has 11 heteroatoms. The van der Waals surface area contributed by atoms with Crippen LogP contribution in [0.15, 0.2) is 77.7 Å². The minimum Gasteiger partial charge on any atom is -0.495 e. The number of ether oxygens (including phenoxy) is 1. The molecule has 0 saturated carbocycles. The van der Waals surface area contributed by atoms with Crippen molar-refractivity contribution in [3.8, 4) is 5.75 Å². The molecule has 0 aliphatic heterocycles. The molecule has 10 nitrogen and oxygen atoms in total. The van der Waals surface area contributed by atoms with Crippen molar-refractivity contribution < 1.29 is 27.5 Å². The zero-order chi connectivity index (χ0) is 25.4. The summed E-state index contributed by atoms with van der Waals surface area (Å²) in [6, 6.07) is 18.6. The summed E-state index contributed by atoms with van der Waals surface area (Å²) < 4.78 is 33.1. The van der Waals surface area contributed by atoms with Crippen LogP contribution in [0.5, 0.6) is 5.75 Å². The quantitative estimate of drug-likeness (QED) is 0.351. The van der Waals surface area contributed by atoms with Gasteiger partial charge in [-0.3, -0.25) is 30.0 Å². The maximum atomic E-state index is 12.8. The smallest absolute Gasteiger partial charge is 0.269 e. The maximum Gasteiger partial charge on any atom is 0.269 e. The molecular weight excluding hydrogens is 472 g/mol. The lowest BCUT2D eigenvalue weighted by Crippen LogP contribution is -2.46. The van der Waals surface area contributed by atoms with Crippen molar-refractivity contribution >= 4 is 33.4 Å². The number of sulfonamides is 1. The van der Waals surface area contributed by atoms with Crippen LogP contribution in [0.1, 0.15) is 26.3 Å². The van der Waals surface area contributed by atoms with E-state index in [0.717, 1.165) is 5.56 Å². The summed E-state index contributed by atoms with van der Waals surface area (Å²) in [6.07, 6.45) is 0. The Hall–Kier alpha value is -4.38. The summed E-state index contributed by atoms with van der Waals surface area (Å²) in [5, 5.41) is 2.44. The normalized spacial score (nSPS) is 10.7. The molecule has 3 aromatic carbocycles. The van der Waals surface area contributed by atoms with E-state index < -0.39 is 27.7 Å². The van der Waals surface area contributed by atoms with Crippen molar-refractivity contribution in [2.75, 3.05) is 18.4 Å². The predicted octanol–water partition coefficient (Wildman–Crippen LogP) is 2.00. The Morgan fingerprint density at radius 2 is 1.54 bits per heavy atom. The summed E-state index contributed by atoms with van der Waals surface area (Å²) >= 11 is 0. The Bertz CT molecular complexity index is 1340. The van der Waals surface area contributed by atoms with Crippen molar-refractivity contribution in [3.63, 3.8) is 0 Å². The zero-order valence-electron chi connectivity index (χ0n) is 19.0. The molecule has 0 aliphatic rings. The summed E-state index contributed by atoms with van der Waals surface area (Å²) in [5.74, 6) is -1.51. The Morgan fingerprint density at radius 1 is 0.829 bits per heavy atom. The van der Waals surface area contributed by atoms with Crippen LogP contribution < -0.4 is 25.6 Å². The second-order valence-corrected chi connectivity index (χ2v) is 9.07. The number of para-hydroxylation sites is 2. The third kappa shape index (κ3) is 6.81. The number of methoxy groups -OCH3 is 1. The topological polar surface area (TPSA) is 143 Å². The number of hydrogen-bond acceptors (Lipinski definition) is 6. The lowest BCUT2D eigenvalue weighted by molar-refractivity contribution is -0.120. The van der Waals surface area contributed by atoms with Gasteiger partial charge in [-0.05, 0) is 49.4 Å². The van der Waals surface area contributed by atoms with Crippen LogP contribution in [-0.4, -0.2) is 39.8 Å². The van der Waals surface area contributed by atoms with Crippen LogP contribution in [0, 0.1) is 6.92 Å². The molecular formula is C24H24N4O6S. The Morgan fingerprint density at radius 3 is 2.26 bits per heavy atom. The number of carbonyl (C=O) groups excluding carboxylic acids is 3. The van der Waals surface area contributed by atoms with E-state index in [-0.39, 0.29) is 22.7 Å². The number of aryl methyl sites for hydroxylation is 1. The van der Waals surface area contributed by atoms with Crippen LogP contribution >= 0.6 is 0 Å². The number of hydrazine groups is 1. The molecule has 3 amide bonds. The van der Waals surface area contributed by atoms with Crippen LogP contribution in [0.25, 0.3) is 0 Å². The molecule has 0 bridgehead atoms. The average Bonchev–Trinajstić information content (AvgIpc) is 2.86. The third-order valence-corrected chi connectivity index (χ3v) is 6.16. The first-order valence-corrected chi connectivity index (χ1v) is 11.9. The molecule has 3 rings (SSSR count). The monoisotopic (exact) mass is 496 g/mol. The summed E-state index contributed by atoms with van der Waals surface area (Å²) in [4.78, 5) is 36.3. The number of benzene rings is 3. The van der Waals surface area contributed by atoms with Gasteiger partial charge >= 0.3 is 0 Å². The molecule has 0 fully saturated rings. The highest BCUT2D eigenvalue weighted by Gasteiger charge is 2.18. The van der Waals surface area contributed by atoms with Crippen molar-refractivity contribution in [3.05, 3.63) is 89.5 Å². The first-order valence-electron chi connectivity index (χ1n) is 10.4. The molecule has 35 heavy (non-hydrogen) atoms. The predicted molar refractivity (Wildman–Crippen MR) is 129 cm³/mol. The van der Waals surface area contributed by atoms with Gasteiger partial charge in [0.1, 0.15) is 5.75 Å². The van der Waals surface area contributed by atoms with Crippen molar-refractivity contribution in [2.24, 2.45) is 0 Å². The zero-order valence-corrected chi connectivity index (χ0v) is 19.8. The van der Waals surface area contributed by atoms with Crippen LogP contribution in [0.4, 0.5) is 5.69 Å².